The number of hydrogen-bond donors (Lipinski definition) is 0. The SMILES string of the molecule is O=C(CCCl)OC(COc1cccc(OCC(COc2ccc3ccccc3c2)OC(=O)CCCl)c1)COc1ccc2ccccc2c1. The van der Waals surface area contributed by atoms with E-state index in [1.807, 2.05) is 84.9 Å². The molecule has 8 nitrogen and oxygen atoms in total. The molecular formula is C38H36Cl2O8. The molecule has 10 heteroatoms. The first-order chi connectivity index (χ1) is 23.5. The zero-order chi connectivity index (χ0) is 33.6. The third-order valence-electron chi connectivity index (χ3n) is 7.18. The van der Waals surface area contributed by atoms with E-state index in [1.54, 1.807) is 24.3 Å². The molecule has 0 fully saturated rings. The van der Waals surface area contributed by atoms with Gasteiger partial charge in [-0.25, -0.2) is 0 Å². The third kappa shape index (κ3) is 10.7. The second kappa shape index (κ2) is 18.0. The van der Waals surface area contributed by atoms with E-state index in [-0.39, 0.29) is 51.0 Å². The van der Waals surface area contributed by atoms with E-state index in [9.17, 15) is 9.59 Å². The number of rotatable bonds is 18. The summed E-state index contributed by atoms with van der Waals surface area (Å²) < 4.78 is 35.1. The molecule has 0 N–H and O–H groups in total. The summed E-state index contributed by atoms with van der Waals surface area (Å²) >= 11 is 11.5. The zero-order valence-corrected chi connectivity index (χ0v) is 27.7. The first kappa shape index (κ1) is 34.7. The summed E-state index contributed by atoms with van der Waals surface area (Å²) in [6.45, 7) is 0.219. The van der Waals surface area contributed by atoms with Crippen LogP contribution in [0.2, 0.25) is 0 Å². The van der Waals surface area contributed by atoms with Gasteiger partial charge in [0.1, 0.15) is 49.4 Å². The lowest BCUT2D eigenvalue weighted by atomic mass is 10.1. The van der Waals surface area contributed by atoms with Gasteiger partial charge in [0.05, 0.1) is 12.8 Å². The van der Waals surface area contributed by atoms with Crippen molar-refractivity contribution >= 4 is 56.7 Å². The highest BCUT2D eigenvalue weighted by atomic mass is 35.5. The molecule has 0 spiro atoms. The Kier molecular flexibility index (Phi) is 13.0. The minimum atomic E-state index is -0.699. The van der Waals surface area contributed by atoms with Gasteiger partial charge in [0, 0.05) is 17.8 Å². The van der Waals surface area contributed by atoms with Crippen LogP contribution in [0.1, 0.15) is 12.8 Å². The summed E-state index contributed by atoms with van der Waals surface area (Å²) in [5.74, 6) is 1.66. The maximum absolute atomic E-state index is 12.3. The molecule has 0 aromatic heterocycles. The van der Waals surface area contributed by atoms with Gasteiger partial charge in [-0.1, -0.05) is 66.7 Å². The molecular weight excluding hydrogens is 655 g/mol. The predicted octanol–water partition coefficient (Wildman–Crippen LogP) is 7.99. The van der Waals surface area contributed by atoms with Gasteiger partial charge in [-0.3, -0.25) is 9.59 Å². The fourth-order valence-corrected chi connectivity index (χ4v) is 5.11. The molecule has 0 radical (unpaired) electrons. The van der Waals surface area contributed by atoms with Crippen LogP contribution in [-0.4, -0.2) is 62.3 Å². The van der Waals surface area contributed by atoms with Gasteiger partial charge in [-0.2, -0.15) is 0 Å². The van der Waals surface area contributed by atoms with E-state index in [4.69, 9.17) is 51.6 Å². The van der Waals surface area contributed by atoms with E-state index in [0.29, 0.717) is 23.0 Å². The Morgan fingerprint density at radius 1 is 0.458 bits per heavy atom. The van der Waals surface area contributed by atoms with Crippen LogP contribution >= 0.6 is 23.2 Å². The predicted molar refractivity (Wildman–Crippen MR) is 187 cm³/mol. The highest BCUT2D eigenvalue weighted by Gasteiger charge is 2.19. The summed E-state index contributed by atoms with van der Waals surface area (Å²) in [6, 6.07) is 34.5. The third-order valence-corrected chi connectivity index (χ3v) is 7.56. The molecule has 5 aromatic carbocycles. The van der Waals surface area contributed by atoms with Crippen molar-refractivity contribution in [3.8, 4) is 23.0 Å². The Morgan fingerprint density at radius 2 is 0.833 bits per heavy atom. The highest BCUT2D eigenvalue weighted by molar-refractivity contribution is 6.19. The molecule has 0 heterocycles. The first-order valence-electron chi connectivity index (χ1n) is 15.6. The Balaban J connectivity index is 1.18. The van der Waals surface area contributed by atoms with Crippen LogP contribution in [-0.2, 0) is 19.1 Å². The summed E-state index contributed by atoms with van der Waals surface area (Å²) in [7, 11) is 0. The number of ether oxygens (including phenoxy) is 6. The van der Waals surface area contributed by atoms with E-state index >= 15 is 0 Å². The minimum Gasteiger partial charge on any atom is -0.490 e. The Hall–Kier alpha value is -4.66. The molecule has 0 saturated heterocycles. The van der Waals surface area contributed by atoms with Crippen LogP contribution in [0.25, 0.3) is 21.5 Å². The smallest absolute Gasteiger partial charge is 0.307 e. The van der Waals surface area contributed by atoms with Crippen LogP contribution in [0.5, 0.6) is 23.0 Å². The van der Waals surface area contributed by atoms with Gasteiger partial charge in [-0.15, -0.1) is 23.2 Å². The van der Waals surface area contributed by atoms with Crippen molar-refractivity contribution in [1.29, 1.82) is 0 Å². The molecule has 2 atom stereocenters. The summed E-state index contributed by atoms with van der Waals surface area (Å²) in [6.07, 6.45) is -1.26. The van der Waals surface area contributed by atoms with Crippen LogP contribution in [0.15, 0.2) is 109 Å². The van der Waals surface area contributed by atoms with Crippen LogP contribution < -0.4 is 18.9 Å². The number of benzene rings is 5. The van der Waals surface area contributed by atoms with Crippen LogP contribution in [0.3, 0.4) is 0 Å². The van der Waals surface area contributed by atoms with Crippen LogP contribution in [0.4, 0.5) is 0 Å². The van der Waals surface area contributed by atoms with E-state index in [0.717, 1.165) is 21.5 Å². The first-order valence-corrected chi connectivity index (χ1v) is 16.7. The molecule has 0 aliphatic carbocycles. The second-order valence-electron chi connectivity index (χ2n) is 10.8. The van der Waals surface area contributed by atoms with E-state index in [1.165, 1.54) is 0 Å². The maximum atomic E-state index is 12.3. The Bertz CT molecular complexity index is 1670. The van der Waals surface area contributed by atoms with Gasteiger partial charge >= 0.3 is 11.9 Å². The van der Waals surface area contributed by atoms with Gasteiger partial charge in [-0.05, 0) is 57.9 Å². The molecule has 48 heavy (non-hydrogen) atoms. The van der Waals surface area contributed by atoms with Gasteiger partial charge < -0.3 is 28.4 Å². The standard InChI is InChI=1S/C38H36Cl2O8/c39-18-16-37(41)47-35(25-45-33-14-12-27-6-1-3-8-29(27)20-33)23-43-31-10-5-11-32(22-31)44-24-36(48-38(42)17-19-40)26-46-34-15-13-28-7-2-4-9-30(28)21-34/h1-15,20-22,35-36H,16-19,23-26H2. The average Bonchev–Trinajstić information content (AvgIpc) is 3.10. The largest absolute Gasteiger partial charge is 0.490 e. The number of carbonyl (C=O) groups is 2. The molecule has 0 amide bonds. The number of fused-ring (bicyclic) bond motifs is 2. The van der Waals surface area contributed by atoms with Gasteiger partial charge in [0.2, 0.25) is 0 Å². The van der Waals surface area contributed by atoms with Crippen molar-refractivity contribution < 1.29 is 38.0 Å². The molecule has 0 aliphatic heterocycles. The number of carbonyl (C=O) groups excluding carboxylic acids is 2. The molecule has 0 bridgehead atoms. The van der Waals surface area contributed by atoms with Crippen molar-refractivity contribution in [1.82, 2.24) is 0 Å². The van der Waals surface area contributed by atoms with E-state index < -0.39 is 24.1 Å². The lowest BCUT2D eigenvalue weighted by molar-refractivity contribution is -0.152. The topological polar surface area (TPSA) is 89.5 Å². The van der Waals surface area contributed by atoms with Crippen molar-refractivity contribution in [2.75, 3.05) is 38.2 Å². The Labute approximate surface area is 289 Å². The van der Waals surface area contributed by atoms with Crippen LogP contribution in [0, 0.1) is 0 Å². The quantitative estimate of drug-likeness (QED) is 0.0675. The normalized spacial score (nSPS) is 12.2. The maximum Gasteiger partial charge on any atom is 0.307 e. The minimum absolute atomic E-state index is 0.0311. The zero-order valence-electron chi connectivity index (χ0n) is 26.2. The molecule has 5 aromatic rings. The Morgan fingerprint density at radius 3 is 1.23 bits per heavy atom. The number of esters is 2. The molecule has 0 saturated carbocycles. The fraction of sp³-hybridized carbons (Fsp3) is 0.263. The molecule has 2 unspecified atom stereocenters. The lowest BCUT2D eigenvalue weighted by Gasteiger charge is -2.20. The molecule has 0 aliphatic rings. The fourth-order valence-electron chi connectivity index (χ4n) is 4.80. The van der Waals surface area contributed by atoms with E-state index in [2.05, 4.69) is 0 Å². The summed E-state index contributed by atoms with van der Waals surface area (Å²) in [5.41, 5.74) is 0. The summed E-state index contributed by atoms with van der Waals surface area (Å²) in [4.78, 5) is 24.6. The number of halogens is 2. The van der Waals surface area contributed by atoms with Crippen molar-refractivity contribution in [2.45, 2.75) is 25.0 Å². The highest BCUT2D eigenvalue weighted by Crippen LogP contribution is 2.24. The van der Waals surface area contributed by atoms with Gasteiger partial charge in [0.25, 0.3) is 0 Å². The number of alkyl halides is 2. The van der Waals surface area contributed by atoms with Crippen molar-refractivity contribution in [3.05, 3.63) is 109 Å². The molecule has 250 valence electrons. The van der Waals surface area contributed by atoms with Gasteiger partial charge in [0.15, 0.2) is 12.2 Å². The lowest BCUT2D eigenvalue weighted by Crippen LogP contribution is -2.31. The average molecular weight is 692 g/mol. The monoisotopic (exact) mass is 690 g/mol. The summed E-state index contributed by atoms with van der Waals surface area (Å²) in [5, 5.41) is 4.26. The number of hydrogen-bond acceptors (Lipinski definition) is 8. The van der Waals surface area contributed by atoms with Crippen molar-refractivity contribution in [3.63, 3.8) is 0 Å². The van der Waals surface area contributed by atoms with Crippen molar-refractivity contribution in [2.24, 2.45) is 0 Å². The second-order valence-corrected chi connectivity index (χ2v) is 11.6. The molecule has 5 rings (SSSR count).